The van der Waals surface area contributed by atoms with Gasteiger partial charge in [0, 0.05) is 19.2 Å². The van der Waals surface area contributed by atoms with Crippen LogP contribution in [0.15, 0.2) is 54.7 Å². The lowest BCUT2D eigenvalue weighted by Gasteiger charge is -2.24. The van der Waals surface area contributed by atoms with E-state index in [1.807, 2.05) is 0 Å². The highest BCUT2D eigenvalue weighted by Gasteiger charge is 2.31. The van der Waals surface area contributed by atoms with Crippen molar-refractivity contribution in [3.8, 4) is 11.4 Å². The van der Waals surface area contributed by atoms with Crippen molar-refractivity contribution in [2.24, 2.45) is 0 Å². The molecule has 0 aliphatic heterocycles. The van der Waals surface area contributed by atoms with E-state index in [-0.39, 0.29) is 22.8 Å². The molecule has 0 radical (unpaired) electrons. The molecule has 1 amide bonds. The number of methoxy groups -OCH3 is 1. The number of amides is 1. The van der Waals surface area contributed by atoms with Gasteiger partial charge in [0.25, 0.3) is 11.6 Å². The van der Waals surface area contributed by atoms with Crippen molar-refractivity contribution in [3.05, 3.63) is 81.7 Å². The molecule has 0 N–H and O–H groups in total. The maximum absolute atomic E-state index is 13.1. The van der Waals surface area contributed by atoms with Gasteiger partial charge >= 0.3 is 6.18 Å². The van der Waals surface area contributed by atoms with E-state index >= 15 is 0 Å². The average molecular weight is 448 g/mol. The van der Waals surface area contributed by atoms with E-state index in [1.165, 1.54) is 55.6 Å². The molecule has 168 valence electrons. The van der Waals surface area contributed by atoms with E-state index in [9.17, 15) is 28.1 Å². The molecule has 32 heavy (non-hydrogen) atoms. The Labute approximate surface area is 181 Å². The molecule has 0 fully saturated rings. The van der Waals surface area contributed by atoms with Crippen molar-refractivity contribution < 1.29 is 27.6 Å². The van der Waals surface area contributed by atoms with E-state index in [4.69, 9.17) is 4.74 Å². The predicted octanol–water partition coefficient (Wildman–Crippen LogP) is 4.64. The molecular weight excluding hydrogens is 429 g/mol. The predicted molar refractivity (Wildman–Crippen MR) is 109 cm³/mol. The maximum atomic E-state index is 13.1. The normalized spacial score (nSPS) is 12.3. The molecule has 1 atom stereocenters. The highest BCUT2D eigenvalue weighted by molar-refractivity contribution is 5.95. The van der Waals surface area contributed by atoms with Gasteiger partial charge in [0.2, 0.25) is 0 Å². The summed E-state index contributed by atoms with van der Waals surface area (Å²) in [4.78, 5) is 24.9. The van der Waals surface area contributed by atoms with Crippen LogP contribution in [0.2, 0.25) is 0 Å². The third-order valence-corrected chi connectivity index (χ3v) is 5.01. The number of aromatic nitrogens is 2. The number of rotatable bonds is 6. The highest BCUT2D eigenvalue weighted by Crippen LogP contribution is 2.31. The zero-order valence-corrected chi connectivity index (χ0v) is 17.3. The van der Waals surface area contributed by atoms with Gasteiger partial charge in [0.1, 0.15) is 0 Å². The summed E-state index contributed by atoms with van der Waals surface area (Å²) in [6, 6.07) is 9.85. The molecule has 0 aliphatic carbocycles. The fraction of sp³-hybridized carbons (Fsp3) is 0.238. The number of hydrogen-bond donors (Lipinski definition) is 0. The topological polar surface area (TPSA) is 90.5 Å². The Balaban J connectivity index is 1.93. The van der Waals surface area contributed by atoms with Crippen LogP contribution in [-0.2, 0) is 6.18 Å². The minimum Gasteiger partial charge on any atom is -0.493 e. The second-order valence-corrected chi connectivity index (χ2v) is 6.98. The van der Waals surface area contributed by atoms with E-state index in [0.29, 0.717) is 5.56 Å². The number of non-ortho nitro benzene ring substituents is 1. The number of carbonyl (C=O) groups is 1. The van der Waals surface area contributed by atoms with Crippen LogP contribution in [0.4, 0.5) is 18.9 Å². The maximum Gasteiger partial charge on any atom is 0.416 e. The molecule has 0 aliphatic rings. The molecule has 8 nitrogen and oxygen atoms in total. The van der Waals surface area contributed by atoms with Crippen LogP contribution in [0, 0.1) is 10.1 Å². The average Bonchev–Trinajstić information content (AvgIpc) is 3.21. The third kappa shape index (κ3) is 4.56. The summed E-state index contributed by atoms with van der Waals surface area (Å²) in [6.45, 7) is 1.69. The molecule has 0 saturated heterocycles. The summed E-state index contributed by atoms with van der Waals surface area (Å²) in [5.41, 5.74) is -0.432. The second kappa shape index (κ2) is 8.69. The first-order valence-electron chi connectivity index (χ1n) is 9.35. The zero-order chi connectivity index (χ0) is 23.6. The second-order valence-electron chi connectivity index (χ2n) is 6.98. The first kappa shape index (κ1) is 22.8. The number of benzene rings is 2. The van der Waals surface area contributed by atoms with Crippen molar-refractivity contribution in [2.75, 3.05) is 14.2 Å². The Kier molecular flexibility index (Phi) is 6.19. The van der Waals surface area contributed by atoms with Gasteiger partial charge in [-0.2, -0.15) is 18.3 Å². The van der Waals surface area contributed by atoms with Gasteiger partial charge in [0.05, 0.1) is 35.5 Å². The lowest BCUT2D eigenvalue weighted by Crippen LogP contribution is -2.30. The number of hydrogen-bond acceptors (Lipinski definition) is 5. The SMILES string of the molecule is COc1cn(-c2cccc(C(F)(F)F)c2)nc1C(=O)N(C)[C@H](C)c1cccc([N+](=O)[O-])c1. The molecule has 0 bridgehead atoms. The standard InChI is InChI=1S/C21H19F3N4O4/c1-13(14-6-4-9-17(10-14)28(30)31)26(2)20(29)19-18(32-3)12-27(25-19)16-8-5-7-15(11-16)21(22,23)24/h4-13H,1-3H3/t13-/m1/s1. The Morgan fingerprint density at radius 1 is 1.22 bits per heavy atom. The van der Waals surface area contributed by atoms with Crippen LogP contribution in [0.1, 0.15) is 34.6 Å². The molecule has 0 unspecified atom stereocenters. The molecule has 0 spiro atoms. The summed E-state index contributed by atoms with van der Waals surface area (Å²) in [7, 11) is 2.81. The third-order valence-electron chi connectivity index (χ3n) is 5.01. The van der Waals surface area contributed by atoms with E-state index in [1.54, 1.807) is 13.0 Å². The lowest BCUT2D eigenvalue weighted by atomic mass is 10.1. The van der Waals surface area contributed by atoms with Gasteiger partial charge < -0.3 is 9.64 Å². The van der Waals surface area contributed by atoms with Crippen LogP contribution in [0.3, 0.4) is 0 Å². The van der Waals surface area contributed by atoms with Gasteiger partial charge in [-0.25, -0.2) is 4.68 Å². The summed E-state index contributed by atoms with van der Waals surface area (Å²) in [6.07, 6.45) is -3.21. The van der Waals surface area contributed by atoms with Gasteiger partial charge in [0.15, 0.2) is 11.4 Å². The Morgan fingerprint density at radius 3 is 2.53 bits per heavy atom. The van der Waals surface area contributed by atoms with Crippen LogP contribution in [0.5, 0.6) is 5.75 Å². The fourth-order valence-corrected chi connectivity index (χ4v) is 3.08. The van der Waals surface area contributed by atoms with E-state index in [0.717, 1.165) is 16.8 Å². The molecule has 11 heteroatoms. The molecule has 1 aromatic heterocycles. The van der Waals surface area contributed by atoms with Gasteiger partial charge in [-0.3, -0.25) is 14.9 Å². The monoisotopic (exact) mass is 448 g/mol. The molecule has 0 saturated carbocycles. The van der Waals surface area contributed by atoms with Crippen molar-refractivity contribution >= 4 is 11.6 Å². The van der Waals surface area contributed by atoms with Crippen molar-refractivity contribution in [1.29, 1.82) is 0 Å². The number of nitro benzene ring substituents is 1. The Bertz CT molecular complexity index is 1160. The van der Waals surface area contributed by atoms with Gasteiger partial charge in [-0.1, -0.05) is 18.2 Å². The summed E-state index contributed by atoms with van der Waals surface area (Å²) in [5.74, 6) is -0.489. The van der Waals surface area contributed by atoms with Crippen LogP contribution in [-0.4, -0.2) is 39.7 Å². The number of nitrogens with zero attached hydrogens (tertiary/aromatic N) is 4. The van der Waals surface area contributed by atoms with Crippen molar-refractivity contribution in [3.63, 3.8) is 0 Å². The fourth-order valence-electron chi connectivity index (χ4n) is 3.08. The van der Waals surface area contributed by atoms with Crippen LogP contribution < -0.4 is 4.74 Å². The summed E-state index contributed by atoms with van der Waals surface area (Å²) < 4.78 is 45.5. The number of halogens is 3. The molecule has 2 aromatic carbocycles. The van der Waals surface area contributed by atoms with E-state index in [2.05, 4.69) is 5.10 Å². The smallest absolute Gasteiger partial charge is 0.416 e. The van der Waals surface area contributed by atoms with E-state index < -0.39 is 28.6 Å². The minimum absolute atomic E-state index is 0.0745. The largest absolute Gasteiger partial charge is 0.493 e. The number of alkyl halides is 3. The van der Waals surface area contributed by atoms with Gasteiger partial charge in [-0.05, 0) is 30.7 Å². The quantitative estimate of drug-likeness (QED) is 0.405. The number of nitro groups is 1. The molecule has 3 rings (SSSR count). The number of carbonyl (C=O) groups excluding carboxylic acids is 1. The number of ether oxygens (including phenoxy) is 1. The Hall–Kier alpha value is -3.89. The Morgan fingerprint density at radius 2 is 1.91 bits per heavy atom. The first-order chi connectivity index (χ1) is 15.0. The van der Waals surface area contributed by atoms with Crippen molar-refractivity contribution in [1.82, 2.24) is 14.7 Å². The van der Waals surface area contributed by atoms with Gasteiger partial charge in [-0.15, -0.1) is 0 Å². The molecule has 1 heterocycles. The zero-order valence-electron chi connectivity index (χ0n) is 17.3. The lowest BCUT2D eigenvalue weighted by molar-refractivity contribution is -0.384. The summed E-state index contributed by atoms with van der Waals surface area (Å²) >= 11 is 0. The summed E-state index contributed by atoms with van der Waals surface area (Å²) in [5, 5.41) is 15.2. The minimum atomic E-state index is -4.53. The van der Waals surface area contributed by atoms with Crippen molar-refractivity contribution in [2.45, 2.75) is 19.1 Å². The molecule has 3 aromatic rings. The highest BCUT2D eigenvalue weighted by atomic mass is 19.4. The first-order valence-corrected chi connectivity index (χ1v) is 9.35. The van der Waals surface area contributed by atoms with Crippen LogP contribution in [0.25, 0.3) is 5.69 Å². The van der Waals surface area contributed by atoms with Crippen LogP contribution >= 0.6 is 0 Å². The molecular formula is C21H19F3N4O4.